The number of thiazole rings is 1. The van der Waals surface area contributed by atoms with Crippen LogP contribution in [-0.2, 0) is 24.3 Å². The van der Waals surface area contributed by atoms with Gasteiger partial charge in [-0.2, -0.15) is 0 Å². The molecule has 0 spiro atoms. The highest BCUT2D eigenvalue weighted by Gasteiger charge is 2.31. The van der Waals surface area contributed by atoms with E-state index in [4.69, 9.17) is 0 Å². The average molecular weight is 411 g/mol. The topological polar surface area (TPSA) is 88.7 Å². The first-order valence-electron chi connectivity index (χ1n) is 9.73. The van der Waals surface area contributed by atoms with Crippen molar-refractivity contribution in [2.24, 2.45) is 0 Å². The molecular formula is C20H21N5O3S. The van der Waals surface area contributed by atoms with Crippen LogP contribution in [0.4, 0.5) is 0 Å². The van der Waals surface area contributed by atoms with E-state index in [1.54, 1.807) is 16.4 Å². The molecule has 0 aromatic carbocycles. The highest BCUT2D eigenvalue weighted by Crippen LogP contribution is 2.34. The third-order valence-corrected chi connectivity index (χ3v) is 6.38. The summed E-state index contributed by atoms with van der Waals surface area (Å²) in [5.41, 5.74) is 2.41. The number of hydrogen-bond acceptors (Lipinski definition) is 5. The third kappa shape index (κ3) is 3.25. The molecule has 1 aliphatic heterocycles. The number of amides is 2. The van der Waals surface area contributed by atoms with Crippen molar-refractivity contribution in [2.75, 3.05) is 6.54 Å². The Kier molecular flexibility index (Phi) is 4.27. The van der Waals surface area contributed by atoms with Crippen LogP contribution in [0.3, 0.4) is 0 Å². The number of rotatable bonds is 4. The second kappa shape index (κ2) is 6.84. The molecule has 29 heavy (non-hydrogen) atoms. The maximum absolute atomic E-state index is 13.1. The molecule has 8 nitrogen and oxygen atoms in total. The highest BCUT2D eigenvalue weighted by atomic mass is 32.1. The fourth-order valence-electron chi connectivity index (χ4n) is 3.92. The minimum Gasteiger partial charge on any atom is -0.346 e. The number of carbonyl (C=O) groups excluding carboxylic acids is 2. The molecule has 3 aromatic rings. The van der Waals surface area contributed by atoms with Gasteiger partial charge in [0.25, 0.3) is 11.5 Å². The van der Waals surface area contributed by atoms with Crippen molar-refractivity contribution in [3.05, 3.63) is 56.7 Å². The molecule has 1 fully saturated rings. The molecule has 0 radical (unpaired) electrons. The van der Waals surface area contributed by atoms with E-state index >= 15 is 0 Å². The predicted molar refractivity (Wildman–Crippen MR) is 108 cm³/mol. The second-order valence-electron chi connectivity index (χ2n) is 7.65. The maximum Gasteiger partial charge on any atom is 0.263 e. The molecule has 4 heterocycles. The number of pyridine rings is 1. The summed E-state index contributed by atoms with van der Waals surface area (Å²) in [6.07, 6.45) is 8.05. The smallest absolute Gasteiger partial charge is 0.263 e. The van der Waals surface area contributed by atoms with Crippen molar-refractivity contribution in [3.8, 4) is 0 Å². The Morgan fingerprint density at radius 2 is 2.14 bits per heavy atom. The lowest BCUT2D eigenvalue weighted by molar-refractivity contribution is -0.129. The van der Waals surface area contributed by atoms with Gasteiger partial charge in [-0.15, -0.1) is 11.3 Å². The number of aromatic nitrogens is 3. The van der Waals surface area contributed by atoms with Crippen LogP contribution < -0.4 is 10.9 Å². The van der Waals surface area contributed by atoms with Gasteiger partial charge in [0.2, 0.25) is 5.91 Å². The van der Waals surface area contributed by atoms with E-state index in [9.17, 15) is 14.4 Å². The van der Waals surface area contributed by atoms with Crippen molar-refractivity contribution in [1.82, 2.24) is 24.2 Å². The van der Waals surface area contributed by atoms with E-state index in [1.807, 2.05) is 28.4 Å². The van der Waals surface area contributed by atoms with E-state index in [2.05, 4.69) is 10.3 Å². The lowest BCUT2D eigenvalue weighted by atomic mass is 9.96. The number of fused-ring (bicyclic) bond motifs is 2. The first-order valence-corrected chi connectivity index (χ1v) is 10.6. The van der Waals surface area contributed by atoms with Gasteiger partial charge in [0, 0.05) is 50.0 Å². The Balaban J connectivity index is 1.46. The van der Waals surface area contributed by atoms with Crippen LogP contribution in [0.15, 0.2) is 28.8 Å². The number of nitrogens with zero attached hydrogens (tertiary/aromatic N) is 4. The van der Waals surface area contributed by atoms with Crippen LogP contribution in [0.1, 0.15) is 53.0 Å². The van der Waals surface area contributed by atoms with Gasteiger partial charge >= 0.3 is 0 Å². The summed E-state index contributed by atoms with van der Waals surface area (Å²) in [5.74, 6) is -0.362. The minimum atomic E-state index is -0.367. The molecule has 2 aliphatic rings. The zero-order valence-corrected chi connectivity index (χ0v) is 16.9. The van der Waals surface area contributed by atoms with E-state index in [1.165, 1.54) is 11.3 Å². The van der Waals surface area contributed by atoms with Gasteiger partial charge in [-0.1, -0.05) is 0 Å². The summed E-state index contributed by atoms with van der Waals surface area (Å²) >= 11 is 1.53. The summed E-state index contributed by atoms with van der Waals surface area (Å²) in [7, 11) is 0. The summed E-state index contributed by atoms with van der Waals surface area (Å²) in [6.45, 7) is 2.77. The fourth-order valence-corrected chi connectivity index (χ4v) is 4.64. The van der Waals surface area contributed by atoms with Crippen molar-refractivity contribution in [3.63, 3.8) is 0 Å². The van der Waals surface area contributed by atoms with Gasteiger partial charge in [0.1, 0.15) is 5.56 Å². The summed E-state index contributed by atoms with van der Waals surface area (Å²) in [6, 6.07) is 0.159. The number of imidazole rings is 1. The molecule has 3 aromatic heterocycles. The molecule has 1 N–H and O–H groups in total. The standard InChI is InChI=1S/C20H21N5O3S/c1-12(26)23-5-4-16-13(9-23)10-25(15-2-3-15)19(28)17(16)18(27)21-8-14-11-24-6-7-29-20(24)22-14/h6-7,10-11,15H,2-5,8-9H2,1H3,(H,21,27). The summed E-state index contributed by atoms with van der Waals surface area (Å²) in [5, 5.41) is 4.82. The van der Waals surface area contributed by atoms with Gasteiger partial charge in [0.15, 0.2) is 4.96 Å². The molecule has 9 heteroatoms. The van der Waals surface area contributed by atoms with Crippen LogP contribution >= 0.6 is 11.3 Å². The zero-order valence-electron chi connectivity index (χ0n) is 16.1. The molecule has 1 saturated carbocycles. The van der Waals surface area contributed by atoms with Crippen molar-refractivity contribution in [2.45, 2.75) is 45.3 Å². The molecule has 0 saturated heterocycles. The fraction of sp³-hybridized carbons (Fsp3) is 0.400. The lowest BCUT2D eigenvalue weighted by Gasteiger charge is -2.29. The lowest BCUT2D eigenvalue weighted by Crippen LogP contribution is -2.40. The molecule has 1 aliphatic carbocycles. The van der Waals surface area contributed by atoms with Gasteiger partial charge < -0.3 is 14.8 Å². The second-order valence-corrected chi connectivity index (χ2v) is 8.52. The number of carbonyl (C=O) groups is 2. The average Bonchev–Trinajstić information content (AvgIpc) is 3.32. The molecule has 0 atom stereocenters. The first kappa shape index (κ1) is 18.1. The van der Waals surface area contributed by atoms with Gasteiger partial charge in [-0.25, -0.2) is 4.98 Å². The van der Waals surface area contributed by atoms with Gasteiger partial charge in [0.05, 0.1) is 12.2 Å². The largest absolute Gasteiger partial charge is 0.346 e. The van der Waals surface area contributed by atoms with Crippen LogP contribution in [0, 0.1) is 0 Å². The van der Waals surface area contributed by atoms with E-state index < -0.39 is 0 Å². The Hall–Kier alpha value is -2.94. The molecule has 150 valence electrons. The molecule has 0 unspecified atom stereocenters. The summed E-state index contributed by atoms with van der Waals surface area (Å²) in [4.78, 5) is 45.0. The Morgan fingerprint density at radius 3 is 2.86 bits per heavy atom. The number of nitrogens with one attached hydrogen (secondary N) is 1. The van der Waals surface area contributed by atoms with Crippen molar-refractivity contribution in [1.29, 1.82) is 0 Å². The van der Waals surface area contributed by atoms with Gasteiger partial charge in [-0.05, 0) is 30.4 Å². The molecule has 2 amide bonds. The van der Waals surface area contributed by atoms with Crippen molar-refractivity contribution < 1.29 is 9.59 Å². The number of hydrogen-bond donors (Lipinski definition) is 1. The first-order chi connectivity index (χ1) is 14.0. The predicted octanol–water partition coefficient (Wildman–Crippen LogP) is 1.73. The normalized spacial score (nSPS) is 16.1. The molecular weight excluding hydrogens is 390 g/mol. The zero-order chi connectivity index (χ0) is 20.1. The van der Waals surface area contributed by atoms with Crippen molar-refractivity contribution >= 4 is 28.1 Å². The van der Waals surface area contributed by atoms with Crippen LogP contribution in [0.2, 0.25) is 0 Å². The van der Waals surface area contributed by atoms with Crippen LogP contribution in [-0.4, -0.2) is 37.2 Å². The van der Waals surface area contributed by atoms with Gasteiger partial charge in [-0.3, -0.25) is 18.8 Å². The SMILES string of the molecule is CC(=O)N1CCc2c(cn(C3CC3)c(=O)c2C(=O)NCc2cn3ccsc3n2)C1. The van der Waals surface area contributed by atoms with Crippen LogP contribution in [0.25, 0.3) is 4.96 Å². The summed E-state index contributed by atoms with van der Waals surface area (Å²) < 4.78 is 3.59. The van der Waals surface area contributed by atoms with Crippen LogP contribution in [0.5, 0.6) is 0 Å². The molecule has 5 rings (SSSR count). The molecule has 0 bridgehead atoms. The Morgan fingerprint density at radius 1 is 1.31 bits per heavy atom. The third-order valence-electron chi connectivity index (χ3n) is 5.61. The Bertz CT molecular complexity index is 1160. The van der Waals surface area contributed by atoms with E-state index in [0.717, 1.165) is 34.6 Å². The quantitative estimate of drug-likeness (QED) is 0.708. The van der Waals surface area contributed by atoms with E-state index in [-0.39, 0.29) is 35.5 Å². The monoisotopic (exact) mass is 411 g/mol. The maximum atomic E-state index is 13.1. The minimum absolute atomic E-state index is 0.00516. The Labute approximate surface area is 170 Å². The van der Waals surface area contributed by atoms with E-state index in [0.29, 0.717) is 19.5 Å². The highest BCUT2D eigenvalue weighted by molar-refractivity contribution is 7.15.